The summed E-state index contributed by atoms with van der Waals surface area (Å²) in [5, 5.41) is 11.3. The number of aliphatic carboxylic acids is 1. The first-order valence-corrected chi connectivity index (χ1v) is 7.01. The molecule has 0 unspecified atom stereocenters. The highest BCUT2D eigenvalue weighted by Gasteiger charge is 2.65. The Kier molecular flexibility index (Phi) is 2.17. The van der Waals surface area contributed by atoms with Gasteiger partial charge >= 0.3 is 0 Å². The zero-order valence-electron chi connectivity index (χ0n) is 10.6. The number of likely N-dealkylation sites (tertiary alicyclic amines) is 1. The number of carbonyl (C=O) groups excluding carboxylic acids is 2. The van der Waals surface area contributed by atoms with Gasteiger partial charge in [-0.05, 0) is 12.8 Å². The van der Waals surface area contributed by atoms with Crippen molar-refractivity contribution >= 4 is 11.9 Å². The number of rotatable bonds is 2. The van der Waals surface area contributed by atoms with E-state index in [2.05, 4.69) is 0 Å². The third kappa shape index (κ3) is 1.34. The van der Waals surface area contributed by atoms with Gasteiger partial charge in [-0.1, -0.05) is 25.0 Å². The van der Waals surface area contributed by atoms with Crippen LogP contribution in [0.5, 0.6) is 0 Å². The lowest BCUT2D eigenvalue weighted by Crippen LogP contribution is -2.45. The van der Waals surface area contributed by atoms with Crippen LogP contribution in [0.4, 0.5) is 0 Å². The van der Waals surface area contributed by atoms with E-state index in [-0.39, 0.29) is 11.9 Å². The Hall–Kier alpha value is -1.36. The van der Waals surface area contributed by atoms with Crippen LogP contribution >= 0.6 is 0 Å². The second-order valence-corrected chi connectivity index (χ2v) is 6.12. The summed E-state index contributed by atoms with van der Waals surface area (Å²) >= 11 is 0. The molecule has 3 heterocycles. The van der Waals surface area contributed by atoms with Crippen LogP contribution < -0.4 is 5.11 Å². The van der Waals surface area contributed by atoms with Crippen LogP contribution in [0.3, 0.4) is 0 Å². The molecule has 4 rings (SSSR count). The Morgan fingerprint density at radius 2 is 2.16 bits per heavy atom. The summed E-state index contributed by atoms with van der Waals surface area (Å²) < 4.78 is 5.82. The van der Waals surface area contributed by atoms with Crippen molar-refractivity contribution in [3.8, 4) is 0 Å². The molecule has 5 nitrogen and oxygen atoms in total. The second kappa shape index (κ2) is 3.60. The largest absolute Gasteiger partial charge is 0.550 e. The molecule has 5 heteroatoms. The highest BCUT2D eigenvalue weighted by molar-refractivity contribution is 5.90. The molecule has 0 radical (unpaired) electrons. The first-order chi connectivity index (χ1) is 9.12. The van der Waals surface area contributed by atoms with Gasteiger partial charge in [0.25, 0.3) is 0 Å². The van der Waals surface area contributed by atoms with Crippen LogP contribution in [0.15, 0.2) is 12.2 Å². The fourth-order valence-corrected chi connectivity index (χ4v) is 4.32. The lowest BCUT2D eigenvalue weighted by molar-refractivity contribution is -0.313. The van der Waals surface area contributed by atoms with E-state index in [4.69, 9.17) is 4.74 Å². The molecule has 0 aromatic rings. The first kappa shape index (κ1) is 11.5. The number of carbonyl (C=O) groups is 2. The Labute approximate surface area is 111 Å². The summed E-state index contributed by atoms with van der Waals surface area (Å²) in [4.78, 5) is 25.8. The normalized spacial score (nSPS) is 44.3. The number of amides is 1. The van der Waals surface area contributed by atoms with Crippen LogP contribution in [-0.4, -0.2) is 41.1 Å². The molecule has 2 bridgehead atoms. The molecule has 0 N–H and O–H groups in total. The molecule has 1 aliphatic carbocycles. The van der Waals surface area contributed by atoms with Crippen LogP contribution in [0.1, 0.15) is 25.7 Å². The molecule has 0 aromatic heterocycles. The highest BCUT2D eigenvalue weighted by atomic mass is 16.5. The van der Waals surface area contributed by atoms with Gasteiger partial charge in [-0.3, -0.25) is 4.79 Å². The second-order valence-electron chi connectivity index (χ2n) is 6.12. The van der Waals surface area contributed by atoms with Crippen molar-refractivity contribution in [1.29, 1.82) is 0 Å². The van der Waals surface area contributed by atoms with Gasteiger partial charge < -0.3 is 19.5 Å². The van der Waals surface area contributed by atoms with Gasteiger partial charge in [0.2, 0.25) is 5.91 Å². The van der Waals surface area contributed by atoms with Crippen molar-refractivity contribution in [2.24, 2.45) is 11.8 Å². The van der Waals surface area contributed by atoms with E-state index in [1.54, 1.807) is 6.08 Å². The topological polar surface area (TPSA) is 69.7 Å². The van der Waals surface area contributed by atoms with Crippen LogP contribution in [0.25, 0.3) is 0 Å². The van der Waals surface area contributed by atoms with E-state index < -0.39 is 29.5 Å². The number of hydrogen-bond donors (Lipinski definition) is 0. The van der Waals surface area contributed by atoms with Crippen molar-refractivity contribution in [3.05, 3.63) is 12.2 Å². The molecular weight excluding hydrogens is 246 g/mol. The van der Waals surface area contributed by atoms with Gasteiger partial charge in [0, 0.05) is 17.9 Å². The van der Waals surface area contributed by atoms with E-state index in [1.807, 2.05) is 11.0 Å². The third-order valence-electron chi connectivity index (χ3n) is 5.17. The number of nitrogens with zero attached hydrogens (tertiary/aromatic N) is 1. The van der Waals surface area contributed by atoms with Gasteiger partial charge in [0.1, 0.15) is 5.60 Å². The van der Waals surface area contributed by atoms with Gasteiger partial charge in [0.05, 0.1) is 18.6 Å². The number of carboxylic acid groups (broad SMARTS) is 1. The molecule has 1 saturated carbocycles. The number of hydrogen-bond acceptors (Lipinski definition) is 4. The fourth-order valence-electron chi connectivity index (χ4n) is 4.32. The molecule has 3 aliphatic heterocycles. The summed E-state index contributed by atoms with van der Waals surface area (Å²) in [5.74, 6) is -2.60. The number of ether oxygens (including phenoxy) is 1. The average molecular weight is 262 g/mol. The van der Waals surface area contributed by atoms with Crippen molar-refractivity contribution in [3.63, 3.8) is 0 Å². The van der Waals surface area contributed by atoms with Crippen LogP contribution in [0.2, 0.25) is 0 Å². The summed E-state index contributed by atoms with van der Waals surface area (Å²) in [6.07, 6.45) is 7.54. The average Bonchev–Trinajstić information content (AvgIpc) is 3.09. The molecule has 4 atom stereocenters. The lowest BCUT2D eigenvalue weighted by Gasteiger charge is -2.27. The van der Waals surface area contributed by atoms with Crippen molar-refractivity contribution in [2.45, 2.75) is 43.4 Å². The molecule has 102 valence electrons. The maximum Gasteiger partial charge on any atom is 0.230 e. The Morgan fingerprint density at radius 3 is 2.84 bits per heavy atom. The van der Waals surface area contributed by atoms with Crippen LogP contribution in [-0.2, 0) is 14.3 Å². The molecule has 0 aromatic carbocycles. The number of fused-ring (bicyclic) bond motifs is 1. The van der Waals surface area contributed by atoms with E-state index >= 15 is 0 Å². The molecule has 1 spiro atoms. The van der Waals surface area contributed by atoms with Crippen LogP contribution in [0, 0.1) is 11.8 Å². The standard InChI is InChI=1S/C14H17NO4/c16-12-11-10(13(17)18)9-5-6-14(11,19-9)7-15(12)8-3-1-2-4-8/h5-6,8-11H,1-4,7H2,(H,17,18)/p-1/t9-,10-,11+,14-/m0/s1. The minimum atomic E-state index is -1.16. The lowest BCUT2D eigenvalue weighted by atomic mass is 9.77. The van der Waals surface area contributed by atoms with Crippen molar-refractivity contribution in [2.75, 3.05) is 6.54 Å². The van der Waals surface area contributed by atoms with E-state index in [9.17, 15) is 14.7 Å². The summed E-state index contributed by atoms with van der Waals surface area (Å²) in [6, 6.07) is 0.269. The minimum Gasteiger partial charge on any atom is -0.550 e. The van der Waals surface area contributed by atoms with Gasteiger partial charge in [-0.15, -0.1) is 0 Å². The maximum absolute atomic E-state index is 12.6. The molecule has 4 aliphatic rings. The third-order valence-corrected chi connectivity index (χ3v) is 5.17. The zero-order valence-corrected chi connectivity index (χ0v) is 10.6. The molecule has 1 amide bonds. The van der Waals surface area contributed by atoms with E-state index in [1.165, 1.54) is 0 Å². The van der Waals surface area contributed by atoms with E-state index in [0.717, 1.165) is 25.7 Å². The smallest absolute Gasteiger partial charge is 0.230 e. The number of carboxylic acids is 1. The Balaban J connectivity index is 1.69. The molecule has 2 saturated heterocycles. The van der Waals surface area contributed by atoms with Gasteiger partial charge in [-0.25, -0.2) is 0 Å². The molecule has 19 heavy (non-hydrogen) atoms. The Morgan fingerprint density at radius 1 is 1.42 bits per heavy atom. The maximum atomic E-state index is 12.6. The summed E-state index contributed by atoms with van der Waals surface area (Å²) in [6.45, 7) is 0.512. The SMILES string of the molecule is O=C([O-])[C@H]1[C@@H]2C=C[C@@]3(CN(C4CCCC4)C(=O)[C@@H]13)O2. The van der Waals surface area contributed by atoms with Gasteiger partial charge in [-0.2, -0.15) is 0 Å². The van der Waals surface area contributed by atoms with E-state index in [0.29, 0.717) is 6.54 Å². The molecule has 3 fully saturated rings. The predicted octanol–water partition coefficient (Wildman–Crippen LogP) is -0.539. The fraction of sp³-hybridized carbons (Fsp3) is 0.714. The molecular formula is C14H16NO4-. The summed E-state index contributed by atoms with van der Waals surface area (Å²) in [7, 11) is 0. The predicted molar refractivity (Wildman–Crippen MR) is 62.7 cm³/mol. The summed E-state index contributed by atoms with van der Waals surface area (Å²) in [5.41, 5.74) is -0.699. The quantitative estimate of drug-likeness (QED) is 0.627. The minimum absolute atomic E-state index is 0.0482. The first-order valence-electron chi connectivity index (χ1n) is 7.01. The van der Waals surface area contributed by atoms with Gasteiger partial charge in [0.15, 0.2) is 0 Å². The van der Waals surface area contributed by atoms with Crippen molar-refractivity contribution < 1.29 is 19.4 Å². The monoisotopic (exact) mass is 262 g/mol. The highest BCUT2D eigenvalue weighted by Crippen LogP contribution is 2.52. The Bertz CT molecular complexity index is 482. The van der Waals surface area contributed by atoms with Crippen molar-refractivity contribution in [1.82, 2.24) is 4.90 Å². The zero-order chi connectivity index (χ0) is 13.2.